The molecular formula is C7H10N2O3. The highest BCUT2D eigenvalue weighted by Crippen LogP contribution is 2.33. The summed E-state index contributed by atoms with van der Waals surface area (Å²) in [6.07, 6.45) is 1.14. The molecule has 1 aliphatic rings. The van der Waals surface area contributed by atoms with Gasteiger partial charge in [-0.05, 0) is 0 Å². The largest absolute Gasteiger partial charge is 0.394 e. The van der Waals surface area contributed by atoms with Crippen LogP contribution in [0.2, 0.25) is 0 Å². The molecule has 0 bridgehead atoms. The van der Waals surface area contributed by atoms with Gasteiger partial charge in [0.15, 0.2) is 0 Å². The standard InChI is InChI=1S/C7H10N2O3/c10-2-5-7(12)6(11)4-1-8-3-9(4)5/h1,3,5-7,10-12H,2H2/t5-,6-,7-/m0/s1. The predicted molar refractivity (Wildman–Crippen MR) is 39.3 cm³/mol. The van der Waals surface area contributed by atoms with Gasteiger partial charge in [0, 0.05) is 0 Å². The van der Waals surface area contributed by atoms with Crippen LogP contribution in [-0.2, 0) is 0 Å². The van der Waals surface area contributed by atoms with E-state index >= 15 is 0 Å². The van der Waals surface area contributed by atoms with Crippen molar-refractivity contribution >= 4 is 0 Å². The molecule has 1 aliphatic heterocycles. The topological polar surface area (TPSA) is 78.5 Å². The van der Waals surface area contributed by atoms with Gasteiger partial charge in [0.1, 0.15) is 12.2 Å². The van der Waals surface area contributed by atoms with E-state index in [1.54, 1.807) is 4.57 Å². The second-order valence-electron chi connectivity index (χ2n) is 2.91. The minimum Gasteiger partial charge on any atom is -0.394 e. The van der Waals surface area contributed by atoms with E-state index in [9.17, 15) is 10.2 Å². The Bertz CT molecular complexity index is 286. The SMILES string of the molecule is OC[C@H]1[C@H](O)[C@@H](O)c2cncn21. The van der Waals surface area contributed by atoms with Gasteiger partial charge in [0.05, 0.1) is 30.9 Å². The van der Waals surface area contributed by atoms with Crippen LogP contribution in [0.1, 0.15) is 17.8 Å². The summed E-state index contributed by atoms with van der Waals surface area (Å²) < 4.78 is 1.59. The van der Waals surface area contributed by atoms with Crippen LogP contribution in [-0.4, -0.2) is 37.6 Å². The first-order valence-corrected chi connectivity index (χ1v) is 3.74. The third kappa shape index (κ3) is 0.811. The molecule has 0 amide bonds. The Labute approximate surface area is 68.9 Å². The summed E-state index contributed by atoms with van der Waals surface area (Å²) >= 11 is 0. The number of aromatic nitrogens is 2. The van der Waals surface area contributed by atoms with E-state index in [4.69, 9.17) is 5.11 Å². The molecule has 5 nitrogen and oxygen atoms in total. The fourth-order valence-corrected chi connectivity index (χ4v) is 1.57. The number of hydrogen-bond donors (Lipinski definition) is 3. The van der Waals surface area contributed by atoms with Crippen molar-refractivity contribution in [1.82, 2.24) is 9.55 Å². The number of nitrogens with zero attached hydrogens (tertiary/aromatic N) is 2. The third-order valence-electron chi connectivity index (χ3n) is 2.26. The van der Waals surface area contributed by atoms with Crippen molar-refractivity contribution in [3.8, 4) is 0 Å². The van der Waals surface area contributed by atoms with Crippen molar-refractivity contribution in [2.75, 3.05) is 6.61 Å². The van der Waals surface area contributed by atoms with E-state index in [0.717, 1.165) is 0 Å². The highest BCUT2D eigenvalue weighted by atomic mass is 16.3. The highest BCUT2D eigenvalue weighted by Gasteiger charge is 2.38. The van der Waals surface area contributed by atoms with Crippen LogP contribution in [0, 0.1) is 0 Å². The predicted octanol–water partition coefficient (Wildman–Crippen LogP) is -1.18. The molecule has 0 aromatic carbocycles. The summed E-state index contributed by atoms with van der Waals surface area (Å²) in [5, 5.41) is 27.7. The minimum absolute atomic E-state index is 0.193. The van der Waals surface area contributed by atoms with E-state index in [1.165, 1.54) is 12.5 Å². The summed E-state index contributed by atoms with van der Waals surface area (Å²) in [5.41, 5.74) is 0.557. The molecule has 0 unspecified atom stereocenters. The fraction of sp³-hybridized carbons (Fsp3) is 0.571. The molecular weight excluding hydrogens is 160 g/mol. The van der Waals surface area contributed by atoms with Gasteiger partial charge >= 0.3 is 0 Å². The summed E-state index contributed by atoms with van der Waals surface area (Å²) in [5.74, 6) is 0. The average Bonchev–Trinajstić information content (AvgIpc) is 2.59. The Balaban J connectivity index is 2.42. The van der Waals surface area contributed by atoms with Gasteiger partial charge in [-0.3, -0.25) is 0 Å². The normalized spacial score (nSPS) is 33.8. The van der Waals surface area contributed by atoms with Crippen LogP contribution in [0.25, 0.3) is 0 Å². The zero-order valence-corrected chi connectivity index (χ0v) is 6.33. The van der Waals surface area contributed by atoms with E-state index in [-0.39, 0.29) is 6.61 Å². The molecule has 2 rings (SSSR count). The first-order chi connectivity index (χ1) is 5.75. The van der Waals surface area contributed by atoms with Crippen LogP contribution in [0.5, 0.6) is 0 Å². The van der Waals surface area contributed by atoms with Gasteiger partial charge in [-0.15, -0.1) is 0 Å². The zero-order valence-electron chi connectivity index (χ0n) is 6.33. The average molecular weight is 170 g/mol. The van der Waals surface area contributed by atoms with Crippen molar-refractivity contribution in [1.29, 1.82) is 0 Å². The maximum atomic E-state index is 9.42. The summed E-state index contributed by atoms with van der Waals surface area (Å²) in [7, 11) is 0. The third-order valence-corrected chi connectivity index (χ3v) is 2.26. The van der Waals surface area contributed by atoms with Crippen molar-refractivity contribution in [2.24, 2.45) is 0 Å². The van der Waals surface area contributed by atoms with E-state index in [0.29, 0.717) is 5.69 Å². The molecule has 66 valence electrons. The number of hydrogen-bond acceptors (Lipinski definition) is 4. The molecule has 0 fully saturated rings. The Kier molecular flexibility index (Phi) is 1.64. The second kappa shape index (κ2) is 2.55. The van der Waals surface area contributed by atoms with E-state index < -0.39 is 18.2 Å². The van der Waals surface area contributed by atoms with Crippen molar-refractivity contribution in [3.05, 3.63) is 18.2 Å². The number of aliphatic hydroxyl groups is 3. The molecule has 1 aromatic heterocycles. The summed E-state index contributed by atoms with van der Waals surface area (Å²) in [4.78, 5) is 3.81. The lowest BCUT2D eigenvalue weighted by Crippen LogP contribution is -2.23. The molecule has 0 saturated heterocycles. The number of aliphatic hydroxyl groups excluding tert-OH is 3. The van der Waals surface area contributed by atoms with Crippen molar-refractivity contribution in [3.63, 3.8) is 0 Å². The van der Waals surface area contributed by atoms with Crippen LogP contribution in [0.3, 0.4) is 0 Å². The van der Waals surface area contributed by atoms with Crippen LogP contribution >= 0.6 is 0 Å². The van der Waals surface area contributed by atoms with Crippen molar-refractivity contribution < 1.29 is 15.3 Å². The molecule has 0 aliphatic carbocycles. The maximum absolute atomic E-state index is 9.42. The molecule has 0 saturated carbocycles. The quantitative estimate of drug-likeness (QED) is 0.496. The summed E-state index contributed by atoms with van der Waals surface area (Å²) in [6, 6.07) is -0.461. The Morgan fingerprint density at radius 1 is 1.50 bits per heavy atom. The molecule has 3 atom stereocenters. The lowest BCUT2D eigenvalue weighted by Gasteiger charge is -2.14. The highest BCUT2D eigenvalue weighted by molar-refractivity contribution is 5.13. The molecule has 5 heteroatoms. The maximum Gasteiger partial charge on any atom is 0.123 e. The van der Waals surface area contributed by atoms with Crippen LogP contribution in [0.4, 0.5) is 0 Å². The Hall–Kier alpha value is -0.910. The first kappa shape index (κ1) is 7.72. The van der Waals surface area contributed by atoms with Gasteiger partial charge < -0.3 is 19.9 Å². The van der Waals surface area contributed by atoms with Gasteiger partial charge in [0.25, 0.3) is 0 Å². The molecule has 0 spiro atoms. The first-order valence-electron chi connectivity index (χ1n) is 3.74. The number of rotatable bonds is 1. The van der Waals surface area contributed by atoms with Gasteiger partial charge in [-0.25, -0.2) is 4.98 Å². The fourth-order valence-electron chi connectivity index (χ4n) is 1.57. The smallest absolute Gasteiger partial charge is 0.123 e. The van der Waals surface area contributed by atoms with E-state index in [2.05, 4.69) is 4.98 Å². The number of fused-ring (bicyclic) bond motifs is 1. The van der Waals surface area contributed by atoms with Gasteiger partial charge in [-0.2, -0.15) is 0 Å². The van der Waals surface area contributed by atoms with Crippen LogP contribution < -0.4 is 0 Å². The minimum atomic E-state index is -0.926. The van der Waals surface area contributed by atoms with Gasteiger partial charge in [-0.1, -0.05) is 0 Å². The summed E-state index contributed by atoms with van der Waals surface area (Å²) in [6.45, 7) is -0.193. The second-order valence-corrected chi connectivity index (χ2v) is 2.91. The van der Waals surface area contributed by atoms with E-state index in [1.807, 2.05) is 0 Å². The molecule has 0 radical (unpaired) electrons. The monoisotopic (exact) mass is 170 g/mol. The van der Waals surface area contributed by atoms with Crippen molar-refractivity contribution in [2.45, 2.75) is 18.2 Å². The Morgan fingerprint density at radius 3 is 2.92 bits per heavy atom. The Morgan fingerprint density at radius 2 is 2.25 bits per heavy atom. The van der Waals surface area contributed by atoms with Gasteiger partial charge in [0.2, 0.25) is 0 Å². The lowest BCUT2D eigenvalue weighted by molar-refractivity contribution is -0.00109. The zero-order chi connectivity index (χ0) is 8.72. The number of imidazole rings is 1. The molecule has 12 heavy (non-hydrogen) atoms. The molecule has 3 N–H and O–H groups in total. The molecule has 1 aromatic rings. The molecule has 2 heterocycles. The van der Waals surface area contributed by atoms with Crippen LogP contribution in [0.15, 0.2) is 12.5 Å². The lowest BCUT2D eigenvalue weighted by atomic mass is 10.1.